The smallest absolute Gasteiger partial charge is 0.335 e. The molecule has 128 valence electrons. The number of rotatable bonds is 2. The molecule has 0 saturated heterocycles. The van der Waals surface area contributed by atoms with Crippen molar-refractivity contribution in [3.05, 3.63) is 64.7 Å². The molecule has 2 aromatic carbocycles. The first-order chi connectivity index (χ1) is 11.9. The van der Waals surface area contributed by atoms with Gasteiger partial charge in [0.1, 0.15) is 6.10 Å². The van der Waals surface area contributed by atoms with Crippen molar-refractivity contribution in [3.8, 4) is 11.8 Å². The molecule has 3 nitrogen and oxygen atoms in total. The predicted octanol–water partition coefficient (Wildman–Crippen LogP) is 4.24. The fourth-order valence-corrected chi connectivity index (χ4v) is 4.34. The summed E-state index contributed by atoms with van der Waals surface area (Å²) in [7, 11) is 0. The normalized spacial score (nSPS) is 16.3. The van der Waals surface area contributed by atoms with Crippen molar-refractivity contribution in [3.63, 3.8) is 0 Å². The van der Waals surface area contributed by atoms with E-state index in [0.717, 1.165) is 17.7 Å². The van der Waals surface area contributed by atoms with Crippen LogP contribution in [-0.2, 0) is 5.41 Å². The van der Waals surface area contributed by atoms with Gasteiger partial charge in [-0.15, -0.1) is 11.8 Å². The van der Waals surface area contributed by atoms with Gasteiger partial charge in [0, 0.05) is 10.5 Å². The van der Waals surface area contributed by atoms with E-state index in [0.29, 0.717) is 5.56 Å². The van der Waals surface area contributed by atoms with E-state index in [1.807, 2.05) is 17.8 Å². The lowest BCUT2D eigenvalue weighted by atomic mass is 9.81. The molecule has 0 aliphatic carbocycles. The first kappa shape index (κ1) is 17.6. The molecule has 2 aromatic rings. The molecule has 2 N–H and O–H groups in total. The minimum absolute atomic E-state index is 0.142. The Kier molecular flexibility index (Phi) is 4.89. The molecule has 4 heteroatoms. The second kappa shape index (κ2) is 6.95. The molecule has 1 aliphatic rings. The molecule has 0 spiro atoms. The minimum Gasteiger partial charge on any atom is -0.478 e. The quantitative estimate of drug-likeness (QED) is 0.794. The highest BCUT2D eigenvalue weighted by atomic mass is 32.2. The van der Waals surface area contributed by atoms with Crippen LogP contribution in [0, 0.1) is 11.8 Å². The van der Waals surface area contributed by atoms with E-state index in [2.05, 4.69) is 37.8 Å². The molecule has 0 radical (unpaired) electrons. The van der Waals surface area contributed by atoms with Gasteiger partial charge in [-0.25, -0.2) is 4.79 Å². The van der Waals surface area contributed by atoms with Gasteiger partial charge in [-0.1, -0.05) is 37.8 Å². The van der Waals surface area contributed by atoms with Gasteiger partial charge in [-0.3, -0.25) is 0 Å². The Balaban J connectivity index is 1.82. The molecule has 25 heavy (non-hydrogen) atoms. The SMILES string of the molecule is CC1(C)CCSc2ccc(C#CC(O)c3ccc(C(=O)O)cc3)cc21. The van der Waals surface area contributed by atoms with Crippen molar-refractivity contribution in [1.82, 2.24) is 0 Å². The number of carbonyl (C=O) groups is 1. The van der Waals surface area contributed by atoms with Gasteiger partial charge >= 0.3 is 5.97 Å². The predicted molar refractivity (Wildman–Crippen MR) is 100 cm³/mol. The maximum absolute atomic E-state index is 10.9. The van der Waals surface area contributed by atoms with E-state index in [1.54, 1.807) is 12.1 Å². The van der Waals surface area contributed by atoms with Crippen molar-refractivity contribution in [1.29, 1.82) is 0 Å². The first-order valence-electron chi connectivity index (χ1n) is 8.17. The Labute approximate surface area is 152 Å². The van der Waals surface area contributed by atoms with Gasteiger partial charge in [-0.2, -0.15) is 0 Å². The summed E-state index contributed by atoms with van der Waals surface area (Å²) < 4.78 is 0. The Morgan fingerprint density at radius 1 is 1.20 bits per heavy atom. The molecular formula is C21H20O3S. The van der Waals surface area contributed by atoms with Crippen molar-refractivity contribution < 1.29 is 15.0 Å². The molecule has 0 bridgehead atoms. The summed E-state index contributed by atoms with van der Waals surface area (Å²) in [5.41, 5.74) is 3.12. The van der Waals surface area contributed by atoms with Gasteiger partial charge in [0.05, 0.1) is 5.56 Å². The van der Waals surface area contributed by atoms with Crippen LogP contribution in [0.15, 0.2) is 47.4 Å². The summed E-state index contributed by atoms with van der Waals surface area (Å²) in [6.45, 7) is 4.50. The number of hydrogen-bond acceptors (Lipinski definition) is 3. The molecule has 1 atom stereocenters. The zero-order valence-corrected chi connectivity index (χ0v) is 15.1. The van der Waals surface area contributed by atoms with E-state index >= 15 is 0 Å². The van der Waals surface area contributed by atoms with Crippen molar-refractivity contribution in [2.24, 2.45) is 0 Å². The minimum atomic E-state index is -0.985. The Hall–Kier alpha value is -2.22. The van der Waals surface area contributed by atoms with Gasteiger partial charge in [0.2, 0.25) is 0 Å². The van der Waals surface area contributed by atoms with Crippen LogP contribution in [0.2, 0.25) is 0 Å². The third-order valence-corrected chi connectivity index (χ3v) is 5.60. The molecule has 1 unspecified atom stereocenters. The van der Waals surface area contributed by atoms with Crippen molar-refractivity contribution in [2.45, 2.75) is 36.7 Å². The van der Waals surface area contributed by atoms with Crippen LogP contribution in [0.3, 0.4) is 0 Å². The maximum Gasteiger partial charge on any atom is 0.335 e. The monoisotopic (exact) mass is 352 g/mol. The summed E-state index contributed by atoms with van der Waals surface area (Å²) in [5, 5.41) is 19.1. The molecule has 0 fully saturated rings. The molecule has 1 aliphatic heterocycles. The summed E-state index contributed by atoms with van der Waals surface area (Å²) in [6.07, 6.45) is 0.196. The molecule has 1 heterocycles. The molecule has 3 rings (SSSR count). The number of thioether (sulfide) groups is 1. The van der Waals surface area contributed by atoms with Gasteiger partial charge in [0.25, 0.3) is 0 Å². The molecule has 0 amide bonds. The van der Waals surface area contributed by atoms with E-state index in [9.17, 15) is 9.90 Å². The van der Waals surface area contributed by atoms with Crippen LogP contribution < -0.4 is 0 Å². The van der Waals surface area contributed by atoms with Crippen LogP contribution in [0.25, 0.3) is 0 Å². The van der Waals surface area contributed by atoms with Crippen LogP contribution in [0.1, 0.15) is 53.4 Å². The van der Waals surface area contributed by atoms with Gasteiger partial charge in [0.15, 0.2) is 0 Å². The molecule has 0 aromatic heterocycles. The van der Waals surface area contributed by atoms with Crippen molar-refractivity contribution >= 4 is 17.7 Å². The summed E-state index contributed by atoms with van der Waals surface area (Å²) >= 11 is 1.88. The van der Waals surface area contributed by atoms with Crippen LogP contribution in [-0.4, -0.2) is 21.9 Å². The third-order valence-electron chi connectivity index (χ3n) is 4.52. The zero-order chi connectivity index (χ0) is 18.0. The van der Waals surface area contributed by atoms with Gasteiger partial charge in [-0.05, 0) is 59.0 Å². The van der Waals surface area contributed by atoms with Crippen LogP contribution >= 0.6 is 11.8 Å². The number of carboxylic acids is 1. The highest BCUT2D eigenvalue weighted by molar-refractivity contribution is 7.99. The Morgan fingerprint density at radius 3 is 2.60 bits per heavy atom. The highest BCUT2D eigenvalue weighted by Crippen LogP contribution is 2.41. The lowest BCUT2D eigenvalue weighted by molar-refractivity contribution is 0.0696. The number of aromatic carboxylic acids is 1. The largest absolute Gasteiger partial charge is 0.478 e. The fourth-order valence-electron chi connectivity index (χ4n) is 2.86. The summed E-state index contributed by atoms with van der Waals surface area (Å²) in [4.78, 5) is 12.2. The highest BCUT2D eigenvalue weighted by Gasteiger charge is 2.27. The number of hydrogen-bond donors (Lipinski definition) is 2. The van der Waals surface area contributed by atoms with E-state index in [-0.39, 0.29) is 11.0 Å². The van der Waals surface area contributed by atoms with E-state index < -0.39 is 12.1 Å². The first-order valence-corrected chi connectivity index (χ1v) is 9.15. The number of fused-ring (bicyclic) bond motifs is 1. The topological polar surface area (TPSA) is 57.5 Å². The average molecular weight is 352 g/mol. The molecule has 0 saturated carbocycles. The van der Waals surface area contributed by atoms with Gasteiger partial charge < -0.3 is 10.2 Å². The average Bonchev–Trinajstić information content (AvgIpc) is 2.60. The Bertz CT molecular complexity index is 857. The second-order valence-electron chi connectivity index (χ2n) is 6.79. The number of benzene rings is 2. The summed E-state index contributed by atoms with van der Waals surface area (Å²) in [5.74, 6) is 6.04. The summed E-state index contributed by atoms with van der Waals surface area (Å²) in [6, 6.07) is 12.3. The number of aliphatic hydroxyl groups excluding tert-OH is 1. The maximum atomic E-state index is 10.9. The standard InChI is InChI=1S/C21H20O3S/c1-21(2)11-12-25-19-10-4-14(13-17(19)21)3-9-18(22)15-5-7-16(8-6-15)20(23)24/h4-8,10,13,18,22H,11-12H2,1-2H3,(H,23,24). The number of carboxylic acid groups (broad SMARTS) is 1. The van der Waals surface area contributed by atoms with Crippen molar-refractivity contribution in [2.75, 3.05) is 5.75 Å². The van der Waals surface area contributed by atoms with E-state index in [4.69, 9.17) is 5.11 Å². The fraction of sp³-hybridized carbons (Fsp3) is 0.286. The zero-order valence-electron chi connectivity index (χ0n) is 14.2. The van der Waals surface area contributed by atoms with E-state index in [1.165, 1.54) is 22.6 Å². The lowest BCUT2D eigenvalue weighted by Gasteiger charge is -2.32. The van der Waals surface area contributed by atoms with Crippen LogP contribution in [0.5, 0.6) is 0 Å². The van der Waals surface area contributed by atoms with Crippen LogP contribution in [0.4, 0.5) is 0 Å². The number of aliphatic hydroxyl groups is 1. The Morgan fingerprint density at radius 2 is 1.92 bits per heavy atom. The molecular weight excluding hydrogens is 332 g/mol. The second-order valence-corrected chi connectivity index (χ2v) is 7.93. The third kappa shape index (κ3) is 3.89. The lowest BCUT2D eigenvalue weighted by Crippen LogP contribution is -2.22.